The van der Waals surface area contributed by atoms with Crippen LogP contribution >= 0.6 is 11.8 Å². The third-order valence-electron chi connectivity index (χ3n) is 4.86. The van der Waals surface area contributed by atoms with E-state index >= 15 is 0 Å². The zero-order valence-electron chi connectivity index (χ0n) is 15.8. The number of benzene rings is 2. The SMILES string of the molecule is CC(=O)N1CCCSc2ccc(S(=O)(=O)N3C[C@H](C)Oc4ccccc43)cc21. The normalized spacial score (nSPS) is 19.3. The molecule has 148 valence electrons. The van der Waals surface area contributed by atoms with Crippen molar-refractivity contribution < 1.29 is 17.9 Å². The molecule has 1 amide bonds. The molecule has 0 fully saturated rings. The molecule has 8 heteroatoms. The molecule has 0 unspecified atom stereocenters. The fourth-order valence-electron chi connectivity index (χ4n) is 3.55. The number of carbonyl (C=O) groups excluding carboxylic acids is 1. The maximum absolute atomic E-state index is 13.5. The Balaban J connectivity index is 1.80. The highest BCUT2D eigenvalue weighted by Gasteiger charge is 2.33. The van der Waals surface area contributed by atoms with Gasteiger partial charge in [-0.2, -0.15) is 0 Å². The first-order valence-corrected chi connectivity index (χ1v) is 11.6. The number of sulfonamides is 1. The van der Waals surface area contributed by atoms with Gasteiger partial charge < -0.3 is 9.64 Å². The van der Waals surface area contributed by atoms with Gasteiger partial charge in [0.15, 0.2) is 0 Å². The molecule has 28 heavy (non-hydrogen) atoms. The van der Waals surface area contributed by atoms with Crippen molar-refractivity contribution in [1.29, 1.82) is 0 Å². The summed E-state index contributed by atoms with van der Waals surface area (Å²) in [5, 5.41) is 0. The largest absolute Gasteiger partial charge is 0.487 e. The molecule has 2 aliphatic heterocycles. The van der Waals surface area contributed by atoms with Gasteiger partial charge in [0.1, 0.15) is 11.9 Å². The van der Waals surface area contributed by atoms with Crippen molar-refractivity contribution in [2.75, 3.05) is 28.0 Å². The molecule has 4 rings (SSSR count). The van der Waals surface area contributed by atoms with Crippen molar-refractivity contribution in [3.05, 3.63) is 42.5 Å². The Morgan fingerprint density at radius 1 is 1.18 bits per heavy atom. The lowest BCUT2D eigenvalue weighted by atomic mass is 10.2. The van der Waals surface area contributed by atoms with Crippen LogP contribution in [0.4, 0.5) is 11.4 Å². The molecule has 0 radical (unpaired) electrons. The van der Waals surface area contributed by atoms with Crippen LogP contribution in [-0.4, -0.2) is 39.3 Å². The molecular formula is C20H22N2O4S2. The highest BCUT2D eigenvalue weighted by molar-refractivity contribution is 7.99. The van der Waals surface area contributed by atoms with E-state index in [1.165, 1.54) is 11.2 Å². The lowest BCUT2D eigenvalue weighted by Crippen LogP contribution is -2.42. The van der Waals surface area contributed by atoms with Crippen LogP contribution in [0.3, 0.4) is 0 Å². The van der Waals surface area contributed by atoms with Crippen LogP contribution < -0.4 is 13.9 Å². The fraction of sp³-hybridized carbons (Fsp3) is 0.350. The van der Waals surface area contributed by atoms with Gasteiger partial charge in [0.05, 0.1) is 22.8 Å². The summed E-state index contributed by atoms with van der Waals surface area (Å²) in [5.41, 5.74) is 1.21. The highest BCUT2D eigenvalue weighted by Crippen LogP contribution is 2.39. The molecule has 0 aromatic heterocycles. The fourth-order valence-corrected chi connectivity index (χ4v) is 6.09. The van der Waals surface area contributed by atoms with Gasteiger partial charge in [-0.1, -0.05) is 12.1 Å². The Kier molecular flexibility index (Phi) is 5.01. The van der Waals surface area contributed by atoms with Gasteiger partial charge in [0.2, 0.25) is 5.91 Å². The summed E-state index contributed by atoms with van der Waals surface area (Å²) in [4.78, 5) is 14.9. The summed E-state index contributed by atoms with van der Waals surface area (Å²) in [5.74, 6) is 1.38. The Labute approximate surface area is 169 Å². The zero-order valence-corrected chi connectivity index (χ0v) is 17.4. The number of nitrogens with zero attached hydrogens (tertiary/aromatic N) is 2. The zero-order chi connectivity index (χ0) is 19.9. The van der Waals surface area contributed by atoms with E-state index in [9.17, 15) is 13.2 Å². The van der Waals surface area contributed by atoms with Gasteiger partial charge in [-0.3, -0.25) is 9.10 Å². The number of para-hydroxylation sites is 2. The molecule has 2 aromatic rings. The number of fused-ring (bicyclic) bond motifs is 2. The minimum Gasteiger partial charge on any atom is -0.487 e. The second kappa shape index (κ2) is 7.33. The lowest BCUT2D eigenvalue weighted by molar-refractivity contribution is -0.116. The molecule has 2 heterocycles. The molecule has 2 aliphatic rings. The third-order valence-corrected chi connectivity index (χ3v) is 7.78. The van der Waals surface area contributed by atoms with E-state index < -0.39 is 10.0 Å². The number of anilines is 2. The molecule has 0 saturated heterocycles. The second-order valence-corrected chi connectivity index (χ2v) is 9.93. The highest BCUT2D eigenvalue weighted by atomic mass is 32.2. The van der Waals surface area contributed by atoms with Crippen LogP contribution in [0.15, 0.2) is 52.3 Å². The Morgan fingerprint density at radius 3 is 2.75 bits per heavy atom. The average molecular weight is 419 g/mol. The number of rotatable bonds is 2. The van der Waals surface area contributed by atoms with Gasteiger partial charge in [0.25, 0.3) is 10.0 Å². The molecular weight excluding hydrogens is 396 g/mol. The molecule has 0 spiro atoms. The van der Waals surface area contributed by atoms with Crippen LogP contribution in [0.1, 0.15) is 20.3 Å². The Bertz CT molecular complexity index is 1020. The van der Waals surface area contributed by atoms with Crippen LogP contribution in [0, 0.1) is 0 Å². The van der Waals surface area contributed by atoms with E-state index in [0.29, 0.717) is 23.7 Å². The lowest BCUT2D eigenvalue weighted by Gasteiger charge is -2.34. The predicted molar refractivity (Wildman–Crippen MR) is 111 cm³/mol. The predicted octanol–water partition coefficient (Wildman–Crippen LogP) is 3.51. The smallest absolute Gasteiger partial charge is 0.264 e. The first kappa shape index (κ1) is 19.1. The first-order chi connectivity index (χ1) is 13.4. The van der Waals surface area contributed by atoms with Crippen LogP contribution in [0.25, 0.3) is 0 Å². The van der Waals surface area contributed by atoms with Crippen molar-refractivity contribution in [3.63, 3.8) is 0 Å². The van der Waals surface area contributed by atoms with Crippen molar-refractivity contribution in [1.82, 2.24) is 0 Å². The van der Waals surface area contributed by atoms with E-state index in [2.05, 4.69) is 0 Å². The Hall–Kier alpha value is -2.19. The summed E-state index contributed by atoms with van der Waals surface area (Å²) in [6.45, 7) is 4.20. The molecule has 0 saturated carbocycles. The quantitative estimate of drug-likeness (QED) is 0.747. The standard InChI is InChI=1S/C20H22N2O4S2/c1-14-13-22(17-6-3-4-7-19(17)26-14)28(24,25)16-8-9-20-18(12-16)21(15(2)23)10-5-11-27-20/h3-4,6-9,12,14H,5,10-11,13H2,1-2H3/t14-/m0/s1. The minimum absolute atomic E-state index is 0.0800. The number of hydrogen-bond acceptors (Lipinski definition) is 5. The number of thioether (sulfide) groups is 1. The molecule has 1 atom stereocenters. The summed E-state index contributed by atoms with van der Waals surface area (Å²) < 4.78 is 34.2. The van der Waals surface area contributed by atoms with E-state index in [1.807, 2.05) is 19.1 Å². The number of amides is 1. The van der Waals surface area contributed by atoms with Crippen molar-refractivity contribution in [2.24, 2.45) is 0 Å². The molecule has 0 N–H and O–H groups in total. The monoisotopic (exact) mass is 418 g/mol. The van der Waals surface area contributed by atoms with Crippen molar-refractivity contribution in [2.45, 2.75) is 36.2 Å². The summed E-state index contributed by atoms with van der Waals surface area (Å²) in [6, 6.07) is 12.2. The second-order valence-electron chi connectivity index (χ2n) is 6.93. The number of ether oxygens (including phenoxy) is 1. The average Bonchev–Trinajstić information content (AvgIpc) is 2.89. The minimum atomic E-state index is -3.80. The summed E-state index contributed by atoms with van der Waals surface area (Å²) in [7, 11) is -3.80. The van der Waals surface area contributed by atoms with Crippen LogP contribution in [-0.2, 0) is 14.8 Å². The van der Waals surface area contributed by atoms with Gasteiger partial charge >= 0.3 is 0 Å². The molecule has 0 bridgehead atoms. The molecule has 6 nitrogen and oxygen atoms in total. The summed E-state index contributed by atoms with van der Waals surface area (Å²) in [6.07, 6.45) is 0.616. The van der Waals surface area contributed by atoms with Crippen molar-refractivity contribution >= 4 is 39.1 Å². The van der Waals surface area contributed by atoms with Crippen LogP contribution in [0.5, 0.6) is 5.75 Å². The van der Waals surface area contributed by atoms with Crippen LogP contribution in [0.2, 0.25) is 0 Å². The van der Waals surface area contributed by atoms with Gasteiger partial charge in [0, 0.05) is 18.4 Å². The van der Waals surface area contributed by atoms with Gasteiger partial charge in [-0.05, 0) is 49.4 Å². The van der Waals surface area contributed by atoms with E-state index in [-0.39, 0.29) is 23.5 Å². The topological polar surface area (TPSA) is 66.9 Å². The van der Waals surface area contributed by atoms with E-state index in [0.717, 1.165) is 17.1 Å². The van der Waals surface area contributed by atoms with E-state index in [4.69, 9.17) is 4.74 Å². The molecule has 2 aromatic carbocycles. The van der Waals surface area contributed by atoms with E-state index in [1.54, 1.807) is 47.0 Å². The van der Waals surface area contributed by atoms with Crippen molar-refractivity contribution in [3.8, 4) is 5.75 Å². The van der Waals surface area contributed by atoms with Gasteiger partial charge in [-0.15, -0.1) is 11.8 Å². The number of carbonyl (C=O) groups is 1. The summed E-state index contributed by atoms with van der Waals surface area (Å²) >= 11 is 1.65. The number of hydrogen-bond donors (Lipinski definition) is 0. The maximum atomic E-state index is 13.5. The Morgan fingerprint density at radius 2 is 1.96 bits per heavy atom. The molecule has 0 aliphatic carbocycles. The van der Waals surface area contributed by atoms with Gasteiger partial charge in [-0.25, -0.2) is 8.42 Å². The first-order valence-electron chi connectivity index (χ1n) is 9.21. The third kappa shape index (κ3) is 3.35. The maximum Gasteiger partial charge on any atom is 0.264 e.